The highest BCUT2D eigenvalue weighted by Gasteiger charge is 2.32. The molecule has 3 N–H and O–H groups in total. The molecule has 2 aromatic rings. The minimum absolute atomic E-state index is 0.131. The molecule has 0 radical (unpaired) electrons. The highest BCUT2D eigenvalue weighted by Crippen LogP contribution is 2.38. The van der Waals surface area contributed by atoms with E-state index in [9.17, 15) is 9.90 Å². The second kappa shape index (κ2) is 7.64. The van der Waals surface area contributed by atoms with Crippen molar-refractivity contribution in [3.05, 3.63) is 41.5 Å². The molecule has 6 heteroatoms. The molecule has 2 aromatic carbocycles. The smallest absolute Gasteiger partial charge is 0.256 e. The summed E-state index contributed by atoms with van der Waals surface area (Å²) in [6.45, 7) is 2.40. The number of nitrogens with one attached hydrogen (secondary N) is 2. The molecule has 0 bridgehead atoms. The molecule has 5 nitrogen and oxygen atoms in total. The third-order valence-corrected chi connectivity index (χ3v) is 4.85. The standard InChI is InChI=1S/C19H25N3O2S/c1-21(2)10-4-9-20-16-8-7-15-17-13(16)5-3-6-14(17)18(23)22(11-12-25)19(15)24/h3,5-8,19-20,24-25H,4,9-12H2,1-2H3/p+1. The molecule has 0 aromatic heterocycles. The minimum atomic E-state index is -0.913. The first-order valence-corrected chi connectivity index (χ1v) is 9.36. The van der Waals surface area contributed by atoms with Crippen LogP contribution in [0, 0.1) is 0 Å². The molecule has 0 saturated heterocycles. The first-order valence-electron chi connectivity index (χ1n) is 8.73. The Morgan fingerprint density at radius 2 is 2.08 bits per heavy atom. The van der Waals surface area contributed by atoms with Crippen molar-refractivity contribution >= 4 is 35.0 Å². The van der Waals surface area contributed by atoms with Gasteiger partial charge < -0.3 is 20.2 Å². The van der Waals surface area contributed by atoms with Crippen molar-refractivity contribution in [2.75, 3.05) is 44.8 Å². The molecule has 1 unspecified atom stereocenters. The molecule has 134 valence electrons. The summed E-state index contributed by atoms with van der Waals surface area (Å²) in [5, 5.41) is 16.0. The quantitative estimate of drug-likeness (QED) is 0.443. The number of aliphatic hydroxyl groups excluding tert-OH is 1. The van der Waals surface area contributed by atoms with Crippen LogP contribution < -0.4 is 10.2 Å². The lowest BCUT2D eigenvalue weighted by Crippen LogP contribution is -3.05. The third kappa shape index (κ3) is 3.47. The van der Waals surface area contributed by atoms with Gasteiger partial charge in [-0.15, -0.1) is 0 Å². The highest BCUT2D eigenvalue weighted by molar-refractivity contribution is 7.80. The van der Waals surface area contributed by atoms with Gasteiger partial charge in [0.1, 0.15) is 0 Å². The summed E-state index contributed by atoms with van der Waals surface area (Å²) in [7, 11) is 4.29. The van der Waals surface area contributed by atoms with Gasteiger partial charge in [-0.05, 0) is 12.1 Å². The van der Waals surface area contributed by atoms with E-state index in [0.717, 1.165) is 41.5 Å². The van der Waals surface area contributed by atoms with Gasteiger partial charge in [-0.3, -0.25) is 4.79 Å². The van der Waals surface area contributed by atoms with Crippen LogP contribution in [0.25, 0.3) is 10.8 Å². The number of carbonyl (C=O) groups is 1. The van der Waals surface area contributed by atoms with Crippen LogP contribution >= 0.6 is 12.6 Å². The van der Waals surface area contributed by atoms with Crippen molar-refractivity contribution in [3.63, 3.8) is 0 Å². The molecule has 0 aliphatic carbocycles. The van der Waals surface area contributed by atoms with Gasteiger partial charge in [0, 0.05) is 52.8 Å². The van der Waals surface area contributed by atoms with Gasteiger partial charge in [0.05, 0.1) is 20.6 Å². The number of hydrogen-bond donors (Lipinski definition) is 4. The van der Waals surface area contributed by atoms with Crippen LogP contribution in [0.1, 0.15) is 28.6 Å². The van der Waals surface area contributed by atoms with Crippen molar-refractivity contribution in [2.24, 2.45) is 0 Å². The Balaban J connectivity index is 1.95. The molecular formula is C19H26N3O2S+. The lowest BCUT2D eigenvalue weighted by Gasteiger charge is -2.34. The van der Waals surface area contributed by atoms with Gasteiger partial charge in [-0.25, -0.2) is 0 Å². The van der Waals surface area contributed by atoms with E-state index in [1.165, 1.54) is 9.80 Å². The monoisotopic (exact) mass is 360 g/mol. The zero-order valence-electron chi connectivity index (χ0n) is 14.7. The zero-order valence-corrected chi connectivity index (χ0v) is 15.6. The summed E-state index contributed by atoms with van der Waals surface area (Å²) in [6, 6.07) is 9.68. The number of rotatable bonds is 7. The number of quaternary nitrogens is 1. The molecular weight excluding hydrogens is 334 g/mol. The van der Waals surface area contributed by atoms with Gasteiger partial charge in [-0.2, -0.15) is 12.6 Å². The van der Waals surface area contributed by atoms with Crippen molar-refractivity contribution in [1.29, 1.82) is 0 Å². The van der Waals surface area contributed by atoms with Gasteiger partial charge in [0.25, 0.3) is 5.91 Å². The lowest BCUT2D eigenvalue weighted by atomic mass is 9.92. The van der Waals surface area contributed by atoms with Crippen LogP contribution in [0.5, 0.6) is 0 Å². The Hall–Kier alpha value is -1.76. The number of benzene rings is 2. The average Bonchev–Trinajstić information content (AvgIpc) is 2.60. The molecule has 1 atom stereocenters. The van der Waals surface area contributed by atoms with E-state index in [1.807, 2.05) is 30.3 Å². The van der Waals surface area contributed by atoms with E-state index in [0.29, 0.717) is 17.9 Å². The molecule has 0 spiro atoms. The minimum Gasteiger partial charge on any atom is -0.384 e. The normalized spacial score (nSPS) is 16.8. The van der Waals surface area contributed by atoms with Gasteiger partial charge in [0.2, 0.25) is 0 Å². The van der Waals surface area contributed by atoms with E-state index in [4.69, 9.17) is 0 Å². The number of thiol groups is 1. The fourth-order valence-electron chi connectivity index (χ4n) is 3.41. The summed E-state index contributed by atoms with van der Waals surface area (Å²) in [5.41, 5.74) is 2.45. The second-order valence-corrected chi connectivity index (χ2v) is 7.21. The van der Waals surface area contributed by atoms with E-state index in [1.54, 1.807) is 0 Å². The van der Waals surface area contributed by atoms with Crippen LogP contribution in [-0.4, -0.2) is 55.4 Å². The van der Waals surface area contributed by atoms with Crippen LogP contribution in [0.2, 0.25) is 0 Å². The topological polar surface area (TPSA) is 57.0 Å². The first-order chi connectivity index (χ1) is 12.0. The third-order valence-electron chi connectivity index (χ3n) is 4.65. The molecule has 1 amide bonds. The maximum absolute atomic E-state index is 12.8. The van der Waals surface area contributed by atoms with Crippen molar-refractivity contribution in [2.45, 2.75) is 12.6 Å². The van der Waals surface area contributed by atoms with Gasteiger partial charge in [-0.1, -0.05) is 18.2 Å². The van der Waals surface area contributed by atoms with E-state index in [-0.39, 0.29) is 5.91 Å². The Bertz CT molecular complexity index is 779. The fraction of sp³-hybridized carbons (Fsp3) is 0.421. The van der Waals surface area contributed by atoms with E-state index >= 15 is 0 Å². The van der Waals surface area contributed by atoms with Crippen molar-refractivity contribution in [1.82, 2.24) is 4.90 Å². The summed E-state index contributed by atoms with van der Waals surface area (Å²) >= 11 is 4.20. The second-order valence-electron chi connectivity index (χ2n) is 6.76. The Morgan fingerprint density at radius 1 is 1.28 bits per heavy atom. The first kappa shape index (κ1) is 18.0. The number of anilines is 1. The predicted octanol–water partition coefficient (Wildman–Crippen LogP) is 1.16. The summed E-state index contributed by atoms with van der Waals surface area (Å²) in [5.74, 6) is 0.384. The zero-order chi connectivity index (χ0) is 18.0. The summed E-state index contributed by atoms with van der Waals surface area (Å²) in [4.78, 5) is 15.7. The van der Waals surface area contributed by atoms with E-state index in [2.05, 4.69) is 32.0 Å². The Labute approximate surface area is 154 Å². The molecule has 0 fully saturated rings. The van der Waals surface area contributed by atoms with Gasteiger partial charge >= 0.3 is 0 Å². The van der Waals surface area contributed by atoms with Crippen molar-refractivity contribution in [3.8, 4) is 0 Å². The molecule has 1 aliphatic heterocycles. The molecule has 1 heterocycles. The molecule has 3 rings (SSSR count). The van der Waals surface area contributed by atoms with Crippen LogP contribution in [-0.2, 0) is 0 Å². The molecule has 25 heavy (non-hydrogen) atoms. The average molecular weight is 361 g/mol. The molecule has 1 aliphatic rings. The maximum atomic E-state index is 12.8. The Kier molecular flexibility index (Phi) is 5.51. The summed E-state index contributed by atoms with van der Waals surface area (Å²) < 4.78 is 0. The lowest BCUT2D eigenvalue weighted by molar-refractivity contribution is -0.858. The van der Waals surface area contributed by atoms with Crippen LogP contribution in [0.15, 0.2) is 30.3 Å². The number of nitrogens with zero attached hydrogens (tertiary/aromatic N) is 1. The van der Waals surface area contributed by atoms with E-state index < -0.39 is 6.23 Å². The molecule has 0 saturated carbocycles. The summed E-state index contributed by atoms with van der Waals surface area (Å²) in [6.07, 6.45) is 0.158. The SMILES string of the molecule is C[NH+](C)CCCNc1ccc2c3c(cccc13)C(=O)N(CCS)C2O. The van der Waals surface area contributed by atoms with Gasteiger partial charge in [0.15, 0.2) is 6.23 Å². The van der Waals surface area contributed by atoms with Crippen molar-refractivity contribution < 1.29 is 14.8 Å². The number of carbonyl (C=O) groups excluding carboxylic acids is 1. The fourth-order valence-corrected chi connectivity index (χ4v) is 3.63. The number of amides is 1. The predicted molar refractivity (Wildman–Crippen MR) is 105 cm³/mol. The Morgan fingerprint density at radius 3 is 2.80 bits per heavy atom. The number of hydrogen-bond acceptors (Lipinski definition) is 4. The maximum Gasteiger partial charge on any atom is 0.256 e. The largest absolute Gasteiger partial charge is 0.384 e. The van der Waals surface area contributed by atoms with Crippen LogP contribution in [0.4, 0.5) is 5.69 Å². The number of aliphatic hydroxyl groups is 1. The highest BCUT2D eigenvalue weighted by atomic mass is 32.1. The van der Waals surface area contributed by atoms with Crippen LogP contribution in [0.3, 0.4) is 0 Å².